The summed E-state index contributed by atoms with van der Waals surface area (Å²) >= 11 is 3.16. The number of halogens is 2. The van der Waals surface area contributed by atoms with Crippen molar-refractivity contribution in [2.75, 3.05) is 0 Å². The van der Waals surface area contributed by atoms with E-state index in [0.717, 1.165) is 0 Å². The molecule has 1 aromatic heterocycles. The van der Waals surface area contributed by atoms with Crippen molar-refractivity contribution in [3.63, 3.8) is 0 Å². The lowest BCUT2D eigenvalue weighted by molar-refractivity contribution is 0.330. The van der Waals surface area contributed by atoms with Gasteiger partial charge in [0.1, 0.15) is 0 Å². The molecule has 0 aliphatic heterocycles. The highest BCUT2D eigenvalue weighted by atomic mass is 79.9. The van der Waals surface area contributed by atoms with Crippen LogP contribution in [0, 0.1) is 5.95 Å². The van der Waals surface area contributed by atoms with Gasteiger partial charge >= 0.3 is 0 Å². The number of imidazole rings is 1. The van der Waals surface area contributed by atoms with Crippen molar-refractivity contribution in [2.45, 2.75) is 26.3 Å². The summed E-state index contributed by atoms with van der Waals surface area (Å²) in [6, 6.07) is 0. The van der Waals surface area contributed by atoms with Crippen molar-refractivity contribution in [3.8, 4) is 0 Å². The molecule has 0 aliphatic rings. The van der Waals surface area contributed by atoms with Gasteiger partial charge in [-0.05, 0) is 36.7 Å². The molecule has 0 saturated heterocycles. The van der Waals surface area contributed by atoms with E-state index in [0.29, 0.717) is 4.73 Å². The second-order valence-electron chi connectivity index (χ2n) is 3.36. The zero-order valence-corrected chi connectivity index (χ0v) is 8.31. The lowest BCUT2D eigenvalue weighted by Crippen LogP contribution is -2.23. The summed E-state index contributed by atoms with van der Waals surface area (Å²) in [5.74, 6) is -0.315. The zero-order chi connectivity index (χ0) is 8.65. The van der Waals surface area contributed by atoms with Gasteiger partial charge in [0.05, 0.1) is 6.20 Å². The highest BCUT2D eigenvalue weighted by Crippen LogP contribution is 2.21. The first kappa shape index (κ1) is 8.71. The minimum atomic E-state index is -0.315. The molecule has 0 atom stereocenters. The van der Waals surface area contributed by atoms with E-state index in [1.165, 1.54) is 10.8 Å². The fraction of sp³-hybridized carbons (Fsp3) is 0.571. The Morgan fingerprint density at radius 1 is 1.55 bits per heavy atom. The quantitative estimate of drug-likeness (QED) is 0.658. The van der Waals surface area contributed by atoms with Gasteiger partial charge in [-0.1, -0.05) is 0 Å². The van der Waals surface area contributed by atoms with Crippen LogP contribution in [0.25, 0.3) is 0 Å². The zero-order valence-electron chi connectivity index (χ0n) is 6.73. The molecule has 0 aliphatic carbocycles. The Bertz CT molecular complexity index is 242. The van der Waals surface area contributed by atoms with E-state index >= 15 is 0 Å². The average molecular weight is 221 g/mol. The van der Waals surface area contributed by atoms with Gasteiger partial charge in [0, 0.05) is 5.54 Å². The Labute approximate surface area is 73.6 Å². The van der Waals surface area contributed by atoms with Crippen molar-refractivity contribution in [1.29, 1.82) is 0 Å². The third-order valence-corrected chi connectivity index (χ3v) is 1.91. The van der Waals surface area contributed by atoms with E-state index in [1.807, 2.05) is 20.8 Å². The van der Waals surface area contributed by atoms with E-state index in [9.17, 15) is 4.39 Å². The van der Waals surface area contributed by atoms with E-state index in [2.05, 4.69) is 20.9 Å². The minimum Gasteiger partial charge on any atom is -0.290 e. The maximum atomic E-state index is 13.0. The monoisotopic (exact) mass is 220 g/mol. The SMILES string of the molecule is CC(C)(C)n1c(F)cnc1Br. The Hall–Kier alpha value is -0.380. The Balaban J connectivity index is 3.21. The standard InChI is InChI=1S/C7H10BrFN2/c1-7(2,3)11-5(9)4-10-6(11)8/h4H,1-3H3. The molecule has 0 bridgehead atoms. The summed E-state index contributed by atoms with van der Waals surface area (Å²) < 4.78 is 15.0. The number of hydrogen-bond acceptors (Lipinski definition) is 1. The Morgan fingerprint density at radius 2 is 2.09 bits per heavy atom. The van der Waals surface area contributed by atoms with Crippen LogP contribution in [0.4, 0.5) is 4.39 Å². The summed E-state index contributed by atoms with van der Waals surface area (Å²) in [5.41, 5.74) is -0.264. The van der Waals surface area contributed by atoms with Gasteiger partial charge in [0.25, 0.3) is 0 Å². The van der Waals surface area contributed by atoms with Crippen molar-refractivity contribution in [1.82, 2.24) is 9.55 Å². The van der Waals surface area contributed by atoms with Crippen LogP contribution in [-0.4, -0.2) is 9.55 Å². The molecule has 1 rings (SSSR count). The number of nitrogens with zero attached hydrogens (tertiary/aromatic N) is 2. The van der Waals surface area contributed by atoms with E-state index in [4.69, 9.17) is 0 Å². The van der Waals surface area contributed by atoms with Crippen LogP contribution in [-0.2, 0) is 5.54 Å². The maximum Gasteiger partial charge on any atom is 0.214 e. The Morgan fingerprint density at radius 3 is 2.27 bits per heavy atom. The van der Waals surface area contributed by atoms with Gasteiger partial charge < -0.3 is 0 Å². The van der Waals surface area contributed by atoms with Crippen LogP contribution >= 0.6 is 15.9 Å². The lowest BCUT2D eigenvalue weighted by Gasteiger charge is -2.21. The van der Waals surface area contributed by atoms with Crippen LogP contribution in [0.3, 0.4) is 0 Å². The van der Waals surface area contributed by atoms with Crippen LogP contribution in [0.2, 0.25) is 0 Å². The fourth-order valence-corrected chi connectivity index (χ4v) is 1.71. The third kappa shape index (κ3) is 1.61. The smallest absolute Gasteiger partial charge is 0.214 e. The topological polar surface area (TPSA) is 17.8 Å². The summed E-state index contributed by atoms with van der Waals surface area (Å²) in [5, 5.41) is 0. The number of aromatic nitrogens is 2. The Kier molecular flexibility index (Phi) is 2.05. The molecule has 0 unspecified atom stereocenters. The molecule has 2 nitrogen and oxygen atoms in total. The number of hydrogen-bond donors (Lipinski definition) is 0. The van der Waals surface area contributed by atoms with Crippen LogP contribution in [0.1, 0.15) is 20.8 Å². The molecule has 62 valence electrons. The molecular formula is C7H10BrFN2. The summed E-state index contributed by atoms with van der Waals surface area (Å²) in [6.45, 7) is 5.76. The molecule has 4 heteroatoms. The van der Waals surface area contributed by atoms with Gasteiger partial charge in [-0.3, -0.25) is 4.57 Å². The summed E-state index contributed by atoms with van der Waals surface area (Å²) in [6.07, 6.45) is 1.20. The predicted molar refractivity (Wildman–Crippen MR) is 44.9 cm³/mol. The van der Waals surface area contributed by atoms with E-state index < -0.39 is 0 Å². The van der Waals surface area contributed by atoms with Gasteiger partial charge in [0.15, 0.2) is 4.73 Å². The molecule has 0 amide bonds. The second-order valence-corrected chi connectivity index (χ2v) is 4.07. The molecule has 0 N–H and O–H groups in total. The molecular weight excluding hydrogens is 211 g/mol. The first-order valence-electron chi connectivity index (χ1n) is 3.32. The fourth-order valence-electron chi connectivity index (χ4n) is 0.907. The molecule has 0 aromatic carbocycles. The maximum absolute atomic E-state index is 13.0. The minimum absolute atomic E-state index is 0.264. The van der Waals surface area contributed by atoms with Gasteiger partial charge in [-0.2, -0.15) is 4.39 Å². The first-order chi connectivity index (χ1) is 4.93. The average Bonchev–Trinajstić information content (AvgIpc) is 2.08. The second kappa shape index (κ2) is 2.59. The molecule has 11 heavy (non-hydrogen) atoms. The molecule has 0 spiro atoms. The molecule has 1 heterocycles. The van der Waals surface area contributed by atoms with Crippen LogP contribution in [0.15, 0.2) is 10.9 Å². The highest BCUT2D eigenvalue weighted by Gasteiger charge is 2.19. The van der Waals surface area contributed by atoms with E-state index in [-0.39, 0.29) is 11.5 Å². The highest BCUT2D eigenvalue weighted by molar-refractivity contribution is 9.10. The first-order valence-corrected chi connectivity index (χ1v) is 4.11. The van der Waals surface area contributed by atoms with E-state index in [1.54, 1.807) is 0 Å². The molecule has 1 aromatic rings. The lowest BCUT2D eigenvalue weighted by atomic mass is 10.1. The molecule has 0 radical (unpaired) electrons. The number of rotatable bonds is 0. The summed E-state index contributed by atoms with van der Waals surface area (Å²) in [7, 11) is 0. The van der Waals surface area contributed by atoms with Crippen molar-refractivity contribution in [2.24, 2.45) is 0 Å². The van der Waals surface area contributed by atoms with Gasteiger partial charge in [-0.25, -0.2) is 4.98 Å². The third-order valence-electron chi connectivity index (χ3n) is 1.35. The summed E-state index contributed by atoms with van der Waals surface area (Å²) in [4.78, 5) is 3.79. The van der Waals surface area contributed by atoms with Gasteiger partial charge in [-0.15, -0.1) is 0 Å². The largest absolute Gasteiger partial charge is 0.290 e. The van der Waals surface area contributed by atoms with Crippen molar-refractivity contribution >= 4 is 15.9 Å². The van der Waals surface area contributed by atoms with Crippen LogP contribution < -0.4 is 0 Å². The van der Waals surface area contributed by atoms with Gasteiger partial charge in [0.2, 0.25) is 5.95 Å². The van der Waals surface area contributed by atoms with Crippen LogP contribution in [0.5, 0.6) is 0 Å². The van der Waals surface area contributed by atoms with Crippen molar-refractivity contribution in [3.05, 3.63) is 16.9 Å². The predicted octanol–water partition coefficient (Wildman–Crippen LogP) is 2.54. The molecule has 0 fully saturated rings. The molecule has 0 saturated carbocycles. The van der Waals surface area contributed by atoms with Crippen molar-refractivity contribution < 1.29 is 4.39 Å². The normalized spacial score (nSPS) is 12.1.